The Morgan fingerprint density at radius 3 is 2.79 bits per heavy atom. The number of fused-ring (bicyclic) bond motifs is 1. The molecule has 96 valence electrons. The number of nitrogens with one attached hydrogen (secondary N) is 1. The average molecular weight is 270 g/mol. The molecule has 19 heavy (non-hydrogen) atoms. The second-order valence-electron chi connectivity index (χ2n) is 4.43. The Morgan fingerprint density at radius 2 is 2.05 bits per heavy atom. The molecule has 0 radical (unpaired) electrons. The molecule has 0 spiro atoms. The van der Waals surface area contributed by atoms with Crippen molar-refractivity contribution in [3.63, 3.8) is 0 Å². The number of aromatic nitrogens is 1. The predicted octanol–water partition coefficient (Wildman–Crippen LogP) is 3.17. The van der Waals surface area contributed by atoms with Crippen LogP contribution < -0.4 is 5.32 Å². The van der Waals surface area contributed by atoms with Crippen LogP contribution in [0.4, 0.5) is 0 Å². The van der Waals surface area contributed by atoms with Gasteiger partial charge < -0.3 is 9.88 Å². The summed E-state index contributed by atoms with van der Waals surface area (Å²) in [4.78, 5) is 12.2. The molecule has 0 aliphatic heterocycles. The monoisotopic (exact) mass is 270 g/mol. The zero-order valence-electron chi connectivity index (χ0n) is 10.6. The minimum absolute atomic E-state index is 0.0326. The van der Waals surface area contributed by atoms with Gasteiger partial charge in [0.1, 0.15) is 5.69 Å². The van der Waals surface area contributed by atoms with Crippen molar-refractivity contribution < 1.29 is 4.79 Å². The predicted molar refractivity (Wildman–Crippen MR) is 78.4 cm³/mol. The molecule has 0 atom stereocenters. The first-order chi connectivity index (χ1) is 9.25. The first-order valence-electron chi connectivity index (χ1n) is 6.11. The van der Waals surface area contributed by atoms with Crippen LogP contribution in [-0.2, 0) is 13.6 Å². The minimum Gasteiger partial charge on any atom is -0.347 e. The molecule has 1 N–H and O–H groups in total. The van der Waals surface area contributed by atoms with Gasteiger partial charge in [-0.2, -0.15) is 0 Å². The lowest BCUT2D eigenvalue weighted by molar-refractivity contribution is 0.0943. The van der Waals surface area contributed by atoms with Gasteiger partial charge in [-0.05, 0) is 23.1 Å². The molecule has 0 fully saturated rings. The Kier molecular flexibility index (Phi) is 3.09. The molecule has 0 saturated carbocycles. The van der Waals surface area contributed by atoms with Crippen LogP contribution in [0.2, 0.25) is 0 Å². The van der Waals surface area contributed by atoms with E-state index in [1.165, 1.54) is 0 Å². The number of hydrogen-bond donors (Lipinski definition) is 1. The maximum atomic E-state index is 12.2. The summed E-state index contributed by atoms with van der Waals surface area (Å²) < 4.78 is 3.08. The lowest BCUT2D eigenvalue weighted by Crippen LogP contribution is -2.24. The molecule has 0 saturated heterocycles. The highest BCUT2D eigenvalue weighted by atomic mass is 32.1. The number of benzene rings is 1. The molecule has 3 rings (SSSR count). The molecule has 0 unspecified atom stereocenters. The van der Waals surface area contributed by atoms with Crippen molar-refractivity contribution in [3.05, 3.63) is 59.1 Å². The Hall–Kier alpha value is -2.07. The minimum atomic E-state index is -0.0326. The largest absolute Gasteiger partial charge is 0.347 e. The van der Waals surface area contributed by atoms with E-state index in [0.717, 1.165) is 15.8 Å². The van der Waals surface area contributed by atoms with E-state index in [-0.39, 0.29) is 5.91 Å². The summed E-state index contributed by atoms with van der Waals surface area (Å²) in [5.74, 6) is -0.0326. The molecule has 1 amide bonds. The van der Waals surface area contributed by atoms with Gasteiger partial charge in [0.05, 0.1) is 10.2 Å². The number of hydrogen-bond acceptors (Lipinski definition) is 2. The van der Waals surface area contributed by atoms with Gasteiger partial charge in [0.15, 0.2) is 0 Å². The second kappa shape index (κ2) is 4.90. The van der Waals surface area contributed by atoms with Crippen LogP contribution in [0, 0.1) is 0 Å². The van der Waals surface area contributed by atoms with E-state index in [1.54, 1.807) is 11.3 Å². The zero-order valence-corrected chi connectivity index (χ0v) is 11.4. The fourth-order valence-electron chi connectivity index (χ4n) is 2.14. The molecule has 0 aliphatic rings. The van der Waals surface area contributed by atoms with Gasteiger partial charge in [-0.3, -0.25) is 4.79 Å². The molecule has 0 aliphatic carbocycles. The van der Waals surface area contributed by atoms with E-state index in [9.17, 15) is 4.79 Å². The quantitative estimate of drug-likeness (QED) is 0.779. The molecule has 4 heteroatoms. The van der Waals surface area contributed by atoms with Crippen molar-refractivity contribution in [2.45, 2.75) is 6.54 Å². The van der Waals surface area contributed by atoms with Crippen molar-refractivity contribution in [1.82, 2.24) is 9.88 Å². The van der Waals surface area contributed by atoms with Gasteiger partial charge in [0.2, 0.25) is 0 Å². The Bertz CT molecular complexity index is 712. The summed E-state index contributed by atoms with van der Waals surface area (Å²) in [6.45, 7) is 0.554. The number of carbonyl (C=O) groups excluding carboxylic acids is 1. The normalized spacial score (nSPS) is 10.8. The highest BCUT2D eigenvalue weighted by Gasteiger charge is 2.13. The summed E-state index contributed by atoms with van der Waals surface area (Å²) in [7, 11) is 1.92. The van der Waals surface area contributed by atoms with Crippen LogP contribution >= 0.6 is 11.3 Å². The average Bonchev–Trinajstić information content (AvgIpc) is 3.01. The third-order valence-electron chi connectivity index (χ3n) is 3.19. The summed E-state index contributed by atoms with van der Waals surface area (Å²) >= 11 is 1.65. The number of amides is 1. The van der Waals surface area contributed by atoms with E-state index in [2.05, 4.69) is 5.32 Å². The molecular formula is C15H14N2OS. The van der Waals surface area contributed by atoms with Gasteiger partial charge in [0, 0.05) is 13.6 Å². The standard InChI is InChI=1S/C15H14N2OS/c1-17-12-7-8-19-14(12)9-13(17)15(18)16-10-11-5-3-2-4-6-11/h2-9H,10H2,1H3,(H,16,18). The van der Waals surface area contributed by atoms with Crippen LogP contribution in [0.3, 0.4) is 0 Å². The Balaban J connectivity index is 1.77. The SMILES string of the molecule is Cn1c(C(=O)NCc2ccccc2)cc2sccc21. The molecule has 0 bridgehead atoms. The molecule has 1 aromatic carbocycles. The summed E-state index contributed by atoms with van der Waals surface area (Å²) in [6, 6.07) is 13.9. The van der Waals surface area contributed by atoms with E-state index in [4.69, 9.17) is 0 Å². The first-order valence-corrected chi connectivity index (χ1v) is 6.99. The van der Waals surface area contributed by atoms with Crippen LogP contribution in [0.5, 0.6) is 0 Å². The van der Waals surface area contributed by atoms with Crippen molar-refractivity contribution in [2.75, 3.05) is 0 Å². The molecule has 3 aromatic rings. The lowest BCUT2D eigenvalue weighted by atomic mass is 10.2. The lowest BCUT2D eigenvalue weighted by Gasteiger charge is -2.06. The highest BCUT2D eigenvalue weighted by molar-refractivity contribution is 7.17. The number of rotatable bonds is 3. The maximum absolute atomic E-state index is 12.2. The zero-order chi connectivity index (χ0) is 13.2. The van der Waals surface area contributed by atoms with Crippen LogP contribution in [0.25, 0.3) is 10.2 Å². The van der Waals surface area contributed by atoms with Crippen molar-refractivity contribution in [2.24, 2.45) is 7.05 Å². The molecular weight excluding hydrogens is 256 g/mol. The highest BCUT2D eigenvalue weighted by Crippen LogP contribution is 2.24. The topological polar surface area (TPSA) is 34.0 Å². The molecule has 2 aromatic heterocycles. The third kappa shape index (κ3) is 2.27. The summed E-state index contributed by atoms with van der Waals surface area (Å²) in [6.07, 6.45) is 0. The fourth-order valence-corrected chi connectivity index (χ4v) is 2.99. The summed E-state index contributed by atoms with van der Waals surface area (Å²) in [5.41, 5.74) is 2.92. The van der Waals surface area contributed by atoms with Gasteiger partial charge >= 0.3 is 0 Å². The number of nitrogens with zero attached hydrogens (tertiary/aromatic N) is 1. The molecule has 3 nitrogen and oxygen atoms in total. The first kappa shape index (κ1) is 12.0. The number of carbonyl (C=O) groups is 1. The van der Waals surface area contributed by atoms with E-state index >= 15 is 0 Å². The van der Waals surface area contributed by atoms with Crippen molar-refractivity contribution >= 4 is 27.5 Å². The van der Waals surface area contributed by atoms with E-state index in [0.29, 0.717) is 12.2 Å². The van der Waals surface area contributed by atoms with Crippen molar-refractivity contribution in [1.29, 1.82) is 0 Å². The second-order valence-corrected chi connectivity index (χ2v) is 5.37. The van der Waals surface area contributed by atoms with Crippen LogP contribution in [-0.4, -0.2) is 10.5 Å². The van der Waals surface area contributed by atoms with Gasteiger partial charge in [-0.1, -0.05) is 30.3 Å². The van der Waals surface area contributed by atoms with E-state index in [1.807, 2.05) is 59.5 Å². The fraction of sp³-hybridized carbons (Fsp3) is 0.133. The van der Waals surface area contributed by atoms with Crippen LogP contribution in [0.15, 0.2) is 47.8 Å². The van der Waals surface area contributed by atoms with Crippen molar-refractivity contribution in [3.8, 4) is 0 Å². The van der Waals surface area contributed by atoms with E-state index < -0.39 is 0 Å². The number of thiophene rings is 1. The maximum Gasteiger partial charge on any atom is 0.268 e. The number of aryl methyl sites for hydroxylation is 1. The Morgan fingerprint density at radius 1 is 1.26 bits per heavy atom. The van der Waals surface area contributed by atoms with Gasteiger partial charge in [-0.15, -0.1) is 11.3 Å². The van der Waals surface area contributed by atoms with Crippen LogP contribution in [0.1, 0.15) is 16.1 Å². The molecule has 2 heterocycles. The third-order valence-corrected chi connectivity index (χ3v) is 4.05. The van der Waals surface area contributed by atoms with Gasteiger partial charge in [0.25, 0.3) is 5.91 Å². The summed E-state index contributed by atoms with van der Waals surface area (Å²) in [5, 5.41) is 4.99. The smallest absolute Gasteiger partial charge is 0.268 e. The van der Waals surface area contributed by atoms with Gasteiger partial charge in [-0.25, -0.2) is 0 Å². The Labute approximate surface area is 115 Å².